The molecule has 1 heterocycles. The van der Waals surface area contributed by atoms with E-state index in [1.165, 1.54) is 43.8 Å². The van der Waals surface area contributed by atoms with Gasteiger partial charge in [0.15, 0.2) is 5.58 Å². The Hall–Kier alpha value is -7.68. The summed E-state index contributed by atoms with van der Waals surface area (Å²) in [4.78, 5) is 2.34. The number of anilines is 3. The predicted octanol–water partition coefficient (Wildman–Crippen LogP) is 16.0. The summed E-state index contributed by atoms with van der Waals surface area (Å²) in [6.07, 6.45) is 0. The van der Waals surface area contributed by atoms with Gasteiger partial charge in [-0.25, -0.2) is 0 Å². The Kier molecular flexibility index (Phi) is 8.19. The van der Waals surface area contributed by atoms with Crippen LogP contribution < -0.4 is 4.90 Å². The molecule has 0 unspecified atom stereocenters. The molecule has 1 aromatic heterocycles. The van der Waals surface area contributed by atoms with Crippen LogP contribution in [0.2, 0.25) is 0 Å². The van der Waals surface area contributed by atoms with Crippen molar-refractivity contribution in [3.63, 3.8) is 0 Å². The minimum absolute atomic E-state index is 0.850. The van der Waals surface area contributed by atoms with Crippen LogP contribution >= 0.6 is 0 Å². The van der Waals surface area contributed by atoms with Crippen LogP contribution in [-0.2, 0) is 0 Å². The first-order chi connectivity index (χ1) is 28.7. The lowest BCUT2D eigenvalue weighted by molar-refractivity contribution is 0.670. The average molecular weight is 740 g/mol. The lowest BCUT2D eigenvalue weighted by Gasteiger charge is -2.26. The molecule has 58 heavy (non-hydrogen) atoms. The Balaban J connectivity index is 1.07. The van der Waals surface area contributed by atoms with E-state index in [4.69, 9.17) is 4.42 Å². The molecule has 0 radical (unpaired) electrons. The largest absolute Gasteiger partial charge is 0.453 e. The number of benzene rings is 10. The van der Waals surface area contributed by atoms with Crippen LogP contribution in [0, 0.1) is 0 Å². The van der Waals surface area contributed by atoms with Gasteiger partial charge in [-0.3, -0.25) is 0 Å². The van der Waals surface area contributed by atoms with Gasteiger partial charge in [-0.2, -0.15) is 0 Å². The second-order valence-electron chi connectivity index (χ2n) is 14.9. The highest BCUT2D eigenvalue weighted by Crippen LogP contribution is 2.45. The van der Waals surface area contributed by atoms with Crippen molar-refractivity contribution >= 4 is 60.5 Å². The molecule has 0 aliphatic rings. The van der Waals surface area contributed by atoms with Crippen LogP contribution in [0.1, 0.15) is 0 Å². The molecular formula is C56H37NO. The van der Waals surface area contributed by atoms with Gasteiger partial charge in [-0.15, -0.1) is 0 Å². The first-order valence-electron chi connectivity index (χ1n) is 19.8. The number of hydrogen-bond acceptors (Lipinski definition) is 2. The summed E-state index contributed by atoms with van der Waals surface area (Å²) in [5.74, 6) is 0. The van der Waals surface area contributed by atoms with Crippen LogP contribution in [0.4, 0.5) is 17.1 Å². The maximum atomic E-state index is 7.00. The van der Waals surface area contributed by atoms with Gasteiger partial charge < -0.3 is 9.32 Å². The summed E-state index contributed by atoms with van der Waals surface area (Å²) in [5, 5.41) is 7.16. The maximum absolute atomic E-state index is 7.00. The number of furan rings is 1. The Labute approximate surface area is 337 Å². The van der Waals surface area contributed by atoms with E-state index in [-0.39, 0.29) is 0 Å². The molecule has 2 heteroatoms. The third-order valence-electron chi connectivity index (χ3n) is 11.4. The summed E-state index contributed by atoms with van der Waals surface area (Å²) in [6.45, 7) is 0. The predicted molar refractivity (Wildman–Crippen MR) is 245 cm³/mol. The molecule has 272 valence electrons. The van der Waals surface area contributed by atoms with Crippen molar-refractivity contribution in [1.82, 2.24) is 0 Å². The van der Waals surface area contributed by atoms with Crippen LogP contribution in [0.25, 0.3) is 88.0 Å². The molecule has 0 N–H and O–H groups in total. The minimum Gasteiger partial charge on any atom is -0.453 e. The van der Waals surface area contributed by atoms with E-state index in [9.17, 15) is 0 Å². The quantitative estimate of drug-likeness (QED) is 0.162. The second-order valence-corrected chi connectivity index (χ2v) is 14.9. The standard InChI is InChI=1S/C56H37NO/c1-2-14-41(15-3-1)51-25-11-26-52-53-27-12-28-54(56(53)58-55(51)52)57(47-33-31-39(32-34-47)45-30-29-38-13-4-5-17-42(38)35-45)48-22-9-20-44(37-48)43-19-8-21-46(36-43)50-24-10-18-40-16-6-7-23-49(40)50/h1-37H. The fourth-order valence-corrected chi connectivity index (χ4v) is 8.59. The first kappa shape index (κ1) is 33.6. The molecule has 0 saturated carbocycles. The lowest BCUT2D eigenvalue weighted by Crippen LogP contribution is -2.10. The fraction of sp³-hybridized carbons (Fsp3) is 0. The first-order valence-corrected chi connectivity index (χ1v) is 19.8. The molecule has 2 nitrogen and oxygen atoms in total. The zero-order chi connectivity index (χ0) is 38.4. The third kappa shape index (κ3) is 5.91. The van der Waals surface area contributed by atoms with Crippen LogP contribution in [0.5, 0.6) is 0 Å². The number of hydrogen-bond donors (Lipinski definition) is 0. The summed E-state index contributed by atoms with van der Waals surface area (Å²) < 4.78 is 7.00. The highest BCUT2D eigenvalue weighted by atomic mass is 16.3. The normalized spacial score (nSPS) is 11.4. The van der Waals surface area contributed by atoms with Crippen molar-refractivity contribution in [1.29, 1.82) is 0 Å². The zero-order valence-electron chi connectivity index (χ0n) is 31.7. The van der Waals surface area contributed by atoms with E-state index in [0.717, 1.165) is 61.3 Å². The van der Waals surface area contributed by atoms with Crippen molar-refractivity contribution in [2.45, 2.75) is 0 Å². The van der Waals surface area contributed by atoms with Gasteiger partial charge >= 0.3 is 0 Å². The Morgan fingerprint density at radius 2 is 0.845 bits per heavy atom. The van der Waals surface area contributed by atoms with E-state index >= 15 is 0 Å². The van der Waals surface area contributed by atoms with E-state index in [1.807, 2.05) is 0 Å². The van der Waals surface area contributed by atoms with Gasteiger partial charge in [-0.1, -0.05) is 182 Å². The lowest BCUT2D eigenvalue weighted by atomic mass is 9.95. The highest BCUT2D eigenvalue weighted by Gasteiger charge is 2.21. The van der Waals surface area contributed by atoms with Crippen LogP contribution in [0.15, 0.2) is 229 Å². The maximum Gasteiger partial charge on any atom is 0.159 e. The third-order valence-corrected chi connectivity index (χ3v) is 11.4. The average Bonchev–Trinajstić information content (AvgIpc) is 3.69. The van der Waals surface area contributed by atoms with Crippen molar-refractivity contribution in [3.05, 3.63) is 224 Å². The summed E-state index contributed by atoms with van der Waals surface area (Å²) in [7, 11) is 0. The van der Waals surface area contributed by atoms with Gasteiger partial charge in [0.1, 0.15) is 5.58 Å². The molecule has 0 atom stereocenters. The van der Waals surface area contributed by atoms with Crippen molar-refractivity contribution in [2.24, 2.45) is 0 Å². The highest BCUT2D eigenvalue weighted by molar-refractivity contribution is 6.13. The molecule has 11 rings (SSSR count). The number of nitrogens with zero attached hydrogens (tertiary/aromatic N) is 1. The number of rotatable bonds is 7. The molecule has 0 bridgehead atoms. The van der Waals surface area contributed by atoms with Crippen molar-refractivity contribution in [2.75, 3.05) is 4.90 Å². The molecule has 0 aliphatic carbocycles. The summed E-state index contributed by atoms with van der Waals surface area (Å²) in [6, 6.07) is 80.6. The Morgan fingerprint density at radius 3 is 1.71 bits per heavy atom. The Morgan fingerprint density at radius 1 is 0.276 bits per heavy atom. The number of para-hydroxylation sites is 2. The van der Waals surface area contributed by atoms with Gasteiger partial charge in [0.2, 0.25) is 0 Å². The van der Waals surface area contributed by atoms with Gasteiger partial charge in [0.05, 0.1) is 5.69 Å². The molecule has 11 aromatic rings. The molecule has 10 aromatic carbocycles. The second kappa shape index (κ2) is 14.1. The summed E-state index contributed by atoms with van der Waals surface area (Å²) >= 11 is 0. The topological polar surface area (TPSA) is 16.4 Å². The van der Waals surface area contributed by atoms with E-state index in [1.54, 1.807) is 0 Å². The zero-order valence-corrected chi connectivity index (χ0v) is 31.7. The van der Waals surface area contributed by atoms with Crippen LogP contribution in [-0.4, -0.2) is 0 Å². The van der Waals surface area contributed by atoms with Crippen molar-refractivity contribution < 1.29 is 4.42 Å². The van der Waals surface area contributed by atoms with Gasteiger partial charge in [-0.05, 0) is 103 Å². The molecule has 0 amide bonds. The molecule has 0 aliphatic heterocycles. The van der Waals surface area contributed by atoms with Gasteiger partial charge in [0.25, 0.3) is 0 Å². The molecular weight excluding hydrogens is 703 g/mol. The van der Waals surface area contributed by atoms with E-state index in [0.29, 0.717) is 0 Å². The summed E-state index contributed by atoms with van der Waals surface area (Å²) in [5.41, 5.74) is 14.1. The van der Waals surface area contributed by atoms with Gasteiger partial charge in [0, 0.05) is 27.7 Å². The fourth-order valence-electron chi connectivity index (χ4n) is 8.59. The minimum atomic E-state index is 0.850. The van der Waals surface area contributed by atoms with E-state index < -0.39 is 0 Å². The Bertz CT molecular complexity index is 3280. The van der Waals surface area contributed by atoms with Crippen LogP contribution in [0.3, 0.4) is 0 Å². The van der Waals surface area contributed by atoms with Crippen molar-refractivity contribution in [3.8, 4) is 44.5 Å². The SMILES string of the molecule is c1ccc(-c2cccc3c2oc2c(N(c4ccc(-c5ccc6ccccc6c5)cc4)c4cccc(-c5cccc(-c6cccc7ccccc67)c5)c4)cccc23)cc1. The molecule has 0 spiro atoms. The number of fused-ring (bicyclic) bond motifs is 5. The monoisotopic (exact) mass is 739 g/mol. The smallest absolute Gasteiger partial charge is 0.159 e. The molecule has 0 fully saturated rings. The van der Waals surface area contributed by atoms with E-state index in [2.05, 4.69) is 229 Å². The molecule has 0 saturated heterocycles.